The Kier molecular flexibility index (Phi) is 6.45. The summed E-state index contributed by atoms with van der Waals surface area (Å²) in [4.78, 5) is 16.8. The Hall–Kier alpha value is -3.97. The van der Waals surface area contributed by atoms with E-state index in [2.05, 4.69) is 67.7 Å². The number of nitrogens with one attached hydrogen (secondary N) is 3. The summed E-state index contributed by atoms with van der Waals surface area (Å²) in [6.45, 7) is 7.50. The van der Waals surface area contributed by atoms with Crippen molar-refractivity contribution in [1.82, 2.24) is 19.9 Å². The topological polar surface area (TPSA) is 102 Å². The molecule has 4 aromatic heterocycles. The number of fused-ring (bicyclic) bond motifs is 2. The van der Waals surface area contributed by atoms with Crippen LogP contribution in [0.25, 0.3) is 31.6 Å². The van der Waals surface area contributed by atoms with Crippen molar-refractivity contribution in [2.45, 2.75) is 6.92 Å². The van der Waals surface area contributed by atoms with E-state index >= 15 is 0 Å². The molecule has 0 bridgehead atoms. The second-order valence-corrected chi connectivity index (χ2v) is 10.1. The first-order chi connectivity index (χ1) is 18.2. The summed E-state index contributed by atoms with van der Waals surface area (Å²) in [6, 6.07) is 14.7. The van der Waals surface area contributed by atoms with E-state index < -0.39 is 0 Å². The number of hydrogen-bond acceptors (Lipinski definition) is 8. The van der Waals surface area contributed by atoms with Crippen LogP contribution in [0.15, 0.2) is 55.0 Å². The number of nitriles is 1. The van der Waals surface area contributed by atoms with Crippen LogP contribution in [0.1, 0.15) is 11.1 Å². The molecule has 8 nitrogen and oxygen atoms in total. The molecular formula is C28H27N7OS. The molecule has 1 aromatic carbocycles. The summed E-state index contributed by atoms with van der Waals surface area (Å²) in [5, 5.41) is 18.8. The number of ether oxygens (including phenoxy) is 1. The predicted octanol–water partition coefficient (Wildman–Crippen LogP) is 5.51. The SMILES string of the molecule is Cc1c(Nc2c(C#N)cnc3sc(-c4ccc(NCCN5CCOCC5)nc4)cc23)ccc2[nH]ccc12. The Balaban J connectivity index is 1.24. The number of pyridine rings is 2. The smallest absolute Gasteiger partial charge is 0.126 e. The lowest BCUT2D eigenvalue weighted by atomic mass is 10.1. The van der Waals surface area contributed by atoms with E-state index in [0.717, 1.165) is 93.7 Å². The van der Waals surface area contributed by atoms with Gasteiger partial charge in [0.1, 0.15) is 16.7 Å². The van der Waals surface area contributed by atoms with E-state index in [1.807, 2.05) is 24.5 Å². The van der Waals surface area contributed by atoms with Gasteiger partial charge in [0.2, 0.25) is 0 Å². The number of nitrogens with zero attached hydrogens (tertiary/aromatic N) is 4. The zero-order chi connectivity index (χ0) is 25.2. The minimum Gasteiger partial charge on any atom is -0.379 e. The molecule has 0 radical (unpaired) electrons. The van der Waals surface area contributed by atoms with Gasteiger partial charge in [-0.3, -0.25) is 4.90 Å². The third kappa shape index (κ3) is 4.74. The van der Waals surface area contributed by atoms with E-state index in [1.165, 1.54) is 0 Å². The van der Waals surface area contributed by atoms with Crippen molar-refractivity contribution in [2.24, 2.45) is 0 Å². The lowest BCUT2D eigenvalue weighted by Crippen LogP contribution is -2.39. The molecule has 1 aliphatic rings. The van der Waals surface area contributed by atoms with Crippen LogP contribution < -0.4 is 10.6 Å². The Bertz CT molecular complexity index is 1590. The molecule has 1 aliphatic heterocycles. The summed E-state index contributed by atoms with van der Waals surface area (Å²) < 4.78 is 5.41. The van der Waals surface area contributed by atoms with Crippen molar-refractivity contribution in [3.05, 3.63) is 66.1 Å². The molecule has 0 saturated carbocycles. The van der Waals surface area contributed by atoms with Gasteiger partial charge < -0.3 is 20.4 Å². The van der Waals surface area contributed by atoms with E-state index in [1.54, 1.807) is 17.5 Å². The number of H-pyrrole nitrogens is 1. The van der Waals surface area contributed by atoms with Gasteiger partial charge in [-0.1, -0.05) is 0 Å². The number of thiophene rings is 1. The highest BCUT2D eigenvalue weighted by molar-refractivity contribution is 7.21. The molecular weight excluding hydrogens is 482 g/mol. The Labute approximate surface area is 218 Å². The van der Waals surface area contributed by atoms with E-state index in [0.29, 0.717) is 5.56 Å². The van der Waals surface area contributed by atoms with Gasteiger partial charge in [0.25, 0.3) is 0 Å². The summed E-state index contributed by atoms with van der Waals surface area (Å²) in [5.41, 5.74) is 5.51. The largest absolute Gasteiger partial charge is 0.379 e. The third-order valence-electron chi connectivity index (χ3n) is 6.83. The van der Waals surface area contributed by atoms with Crippen molar-refractivity contribution < 1.29 is 4.74 Å². The van der Waals surface area contributed by atoms with Gasteiger partial charge in [0.15, 0.2) is 0 Å². The first-order valence-electron chi connectivity index (χ1n) is 12.4. The molecule has 9 heteroatoms. The van der Waals surface area contributed by atoms with Crippen molar-refractivity contribution in [1.29, 1.82) is 5.26 Å². The number of aromatic nitrogens is 3. The number of hydrogen-bond donors (Lipinski definition) is 3. The normalized spacial score (nSPS) is 14.2. The van der Waals surface area contributed by atoms with Gasteiger partial charge in [0, 0.05) is 77.2 Å². The van der Waals surface area contributed by atoms with Crippen molar-refractivity contribution in [3.8, 4) is 16.5 Å². The minimum atomic E-state index is 0.517. The Morgan fingerprint density at radius 2 is 2.00 bits per heavy atom. The molecule has 0 amide bonds. The zero-order valence-electron chi connectivity index (χ0n) is 20.5. The van der Waals surface area contributed by atoms with Crippen LogP contribution in [0.3, 0.4) is 0 Å². The molecule has 5 aromatic rings. The Morgan fingerprint density at radius 3 is 2.81 bits per heavy atom. The average Bonchev–Trinajstić information content (AvgIpc) is 3.59. The fraction of sp³-hybridized carbons (Fsp3) is 0.250. The molecule has 1 fully saturated rings. The van der Waals surface area contributed by atoms with Gasteiger partial charge in [-0.25, -0.2) is 9.97 Å². The lowest BCUT2D eigenvalue weighted by Gasteiger charge is -2.26. The molecule has 186 valence electrons. The maximum atomic E-state index is 9.81. The maximum absolute atomic E-state index is 9.81. The van der Waals surface area contributed by atoms with Crippen LogP contribution in [0.2, 0.25) is 0 Å². The number of benzene rings is 1. The van der Waals surface area contributed by atoms with E-state index in [9.17, 15) is 5.26 Å². The average molecular weight is 510 g/mol. The van der Waals surface area contributed by atoms with Crippen LogP contribution in [0.4, 0.5) is 17.2 Å². The quantitative estimate of drug-likeness (QED) is 0.266. The molecule has 3 N–H and O–H groups in total. The number of morpholine rings is 1. The van der Waals surface area contributed by atoms with Crippen molar-refractivity contribution in [2.75, 3.05) is 50.0 Å². The van der Waals surface area contributed by atoms with E-state index in [4.69, 9.17) is 4.74 Å². The van der Waals surface area contributed by atoms with Gasteiger partial charge in [-0.2, -0.15) is 5.26 Å². The highest BCUT2D eigenvalue weighted by Gasteiger charge is 2.16. The first-order valence-corrected chi connectivity index (χ1v) is 13.2. The fourth-order valence-electron chi connectivity index (χ4n) is 4.72. The van der Waals surface area contributed by atoms with Crippen molar-refractivity contribution >= 4 is 49.6 Å². The number of aromatic amines is 1. The molecule has 0 aliphatic carbocycles. The van der Waals surface area contributed by atoms with Gasteiger partial charge >= 0.3 is 0 Å². The molecule has 37 heavy (non-hydrogen) atoms. The first kappa shape index (κ1) is 23.4. The Morgan fingerprint density at radius 1 is 1.11 bits per heavy atom. The molecule has 0 atom stereocenters. The van der Waals surface area contributed by atoms with Gasteiger partial charge in [-0.15, -0.1) is 11.3 Å². The molecule has 5 heterocycles. The summed E-state index contributed by atoms with van der Waals surface area (Å²) in [6.07, 6.45) is 5.48. The predicted molar refractivity (Wildman–Crippen MR) is 150 cm³/mol. The minimum absolute atomic E-state index is 0.517. The lowest BCUT2D eigenvalue weighted by molar-refractivity contribution is 0.0398. The molecule has 6 rings (SSSR count). The van der Waals surface area contributed by atoms with Crippen LogP contribution in [0.5, 0.6) is 0 Å². The summed E-state index contributed by atoms with van der Waals surface area (Å²) in [5.74, 6) is 0.862. The third-order valence-corrected chi connectivity index (χ3v) is 7.92. The second-order valence-electron chi connectivity index (χ2n) is 9.10. The van der Waals surface area contributed by atoms with Crippen molar-refractivity contribution in [3.63, 3.8) is 0 Å². The monoisotopic (exact) mass is 509 g/mol. The van der Waals surface area contributed by atoms with Crippen LogP contribution in [-0.4, -0.2) is 59.2 Å². The van der Waals surface area contributed by atoms with Crippen LogP contribution >= 0.6 is 11.3 Å². The molecule has 1 saturated heterocycles. The highest BCUT2D eigenvalue weighted by Crippen LogP contribution is 2.39. The maximum Gasteiger partial charge on any atom is 0.126 e. The molecule has 0 spiro atoms. The van der Waals surface area contributed by atoms with E-state index in [-0.39, 0.29) is 0 Å². The second kappa shape index (κ2) is 10.2. The van der Waals surface area contributed by atoms with Crippen LogP contribution in [-0.2, 0) is 4.74 Å². The number of anilines is 3. The van der Waals surface area contributed by atoms with Gasteiger partial charge in [0.05, 0.1) is 24.5 Å². The molecule has 0 unspecified atom stereocenters. The zero-order valence-corrected chi connectivity index (χ0v) is 21.4. The summed E-state index contributed by atoms with van der Waals surface area (Å²) in [7, 11) is 0. The summed E-state index contributed by atoms with van der Waals surface area (Å²) >= 11 is 1.60. The fourth-order valence-corrected chi connectivity index (χ4v) is 5.72. The standard InChI is InChI=1S/C28H27N7OS/c1-18-21-6-7-30-24(21)4-3-23(18)34-27-20(15-29)17-33-28-22(27)14-25(37-28)19-2-5-26(32-16-19)31-8-9-35-10-12-36-13-11-35/h2-7,14,16-17,30H,8-13H2,1H3,(H,31,32)(H,33,34). The number of rotatable bonds is 7. The number of aryl methyl sites for hydroxylation is 1. The highest BCUT2D eigenvalue weighted by atomic mass is 32.1. The van der Waals surface area contributed by atoms with Gasteiger partial charge in [-0.05, 0) is 48.9 Å². The van der Waals surface area contributed by atoms with Crippen LogP contribution in [0, 0.1) is 18.3 Å².